The highest BCUT2D eigenvalue weighted by atomic mass is 79.9. The number of nitrogens with zero attached hydrogens (tertiary/aromatic N) is 1. The highest BCUT2D eigenvalue weighted by molar-refractivity contribution is 9.11. The molecule has 0 bridgehead atoms. The number of rotatable bonds is 3. The van der Waals surface area contributed by atoms with Gasteiger partial charge in [0.15, 0.2) is 0 Å². The zero-order chi connectivity index (χ0) is 11.5. The molecular weight excluding hydrogens is 254 g/mol. The second-order valence-electron chi connectivity index (χ2n) is 4.11. The molecule has 2 unspecified atom stereocenters. The predicted molar refractivity (Wildman–Crippen MR) is 64.3 cm³/mol. The van der Waals surface area contributed by atoms with Crippen LogP contribution in [0.15, 0.2) is 22.7 Å². The molecule has 0 aromatic heterocycles. The molecule has 0 heterocycles. The minimum atomic E-state index is -0.955. The molecule has 0 aromatic rings. The Bertz CT molecular complexity index is 329. The Hall–Kier alpha value is -0.590. The van der Waals surface area contributed by atoms with Gasteiger partial charge in [0.25, 0.3) is 0 Å². The van der Waals surface area contributed by atoms with Gasteiger partial charge >= 0.3 is 0 Å². The zero-order valence-electron chi connectivity index (χ0n) is 8.96. The Morgan fingerprint density at radius 3 is 3.00 bits per heavy atom. The van der Waals surface area contributed by atoms with Crippen LogP contribution in [0.4, 0.5) is 0 Å². The van der Waals surface area contributed by atoms with E-state index in [1.807, 2.05) is 13.0 Å². The first-order chi connectivity index (χ1) is 7.00. The van der Waals surface area contributed by atoms with E-state index in [1.165, 1.54) is 0 Å². The molecular formula is C12H16BrNO. The number of hydrogen-bond donors (Lipinski definition) is 1. The van der Waals surface area contributed by atoms with Crippen molar-refractivity contribution in [2.45, 2.75) is 38.2 Å². The molecule has 1 aliphatic carbocycles. The largest absolute Gasteiger partial charge is 0.384 e. The molecule has 0 amide bonds. The average molecular weight is 270 g/mol. The maximum Gasteiger partial charge on any atom is 0.101 e. The van der Waals surface area contributed by atoms with Crippen LogP contribution in [0.25, 0.3) is 0 Å². The second-order valence-corrected chi connectivity index (χ2v) is 5.23. The van der Waals surface area contributed by atoms with Gasteiger partial charge in [0.1, 0.15) is 5.60 Å². The summed E-state index contributed by atoms with van der Waals surface area (Å²) in [6.45, 7) is 5.63. The van der Waals surface area contributed by atoms with Gasteiger partial charge in [-0.1, -0.05) is 28.6 Å². The van der Waals surface area contributed by atoms with Crippen LogP contribution in [-0.2, 0) is 0 Å². The summed E-state index contributed by atoms with van der Waals surface area (Å²) in [4.78, 5) is 0. The van der Waals surface area contributed by atoms with E-state index in [0.29, 0.717) is 12.8 Å². The molecule has 0 aromatic carbocycles. The van der Waals surface area contributed by atoms with Crippen LogP contribution in [-0.4, -0.2) is 10.7 Å². The topological polar surface area (TPSA) is 44.0 Å². The SMILES string of the molecule is C=C(Br)CC(C#N)C1(O)CCCC=C1C. The van der Waals surface area contributed by atoms with Crippen molar-refractivity contribution in [1.82, 2.24) is 0 Å². The molecule has 0 saturated carbocycles. The molecule has 82 valence electrons. The van der Waals surface area contributed by atoms with Gasteiger partial charge in [0, 0.05) is 0 Å². The van der Waals surface area contributed by atoms with Gasteiger partial charge in [-0.2, -0.15) is 5.26 Å². The number of hydrogen-bond acceptors (Lipinski definition) is 2. The lowest BCUT2D eigenvalue weighted by molar-refractivity contribution is 0.0244. The first-order valence-corrected chi connectivity index (χ1v) is 5.92. The summed E-state index contributed by atoms with van der Waals surface area (Å²) in [5, 5.41) is 19.6. The number of halogens is 1. The number of allylic oxidation sites excluding steroid dienone is 2. The van der Waals surface area contributed by atoms with Crippen LogP contribution in [0.2, 0.25) is 0 Å². The van der Waals surface area contributed by atoms with E-state index in [0.717, 1.165) is 22.9 Å². The van der Waals surface area contributed by atoms with Crippen LogP contribution < -0.4 is 0 Å². The quantitative estimate of drug-likeness (QED) is 0.800. The lowest BCUT2D eigenvalue weighted by Gasteiger charge is -2.36. The van der Waals surface area contributed by atoms with Gasteiger partial charge in [0.05, 0.1) is 12.0 Å². The first kappa shape index (κ1) is 12.5. The Morgan fingerprint density at radius 2 is 2.53 bits per heavy atom. The third-order valence-electron chi connectivity index (χ3n) is 3.05. The van der Waals surface area contributed by atoms with Crippen molar-refractivity contribution in [1.29, 1.82) is 5.26 Å². The Balaban J connectivity index is 2.91. The van der Waals surface area contributed by atoms with E-state index in [9.17, 15) is 5.11 Å². The van der Waals surface area contributed by atoms with Crippen molar-refractivity contribution < 1.29 is 5.11 Å². The fourth-order valence-corrected chi connectivity index (χ4v) is 2.38. The summed E-state index contributed by atoms with van der Waals surface area (Å²) in [5.41, 5.74) is -0.0296. The summed E-state index contributed by atoms with van der Waals surface area (Å²) in [6.07, 6.45) is 5.15. The lowest BCUT2D eigenvalue weighted by Crippen LogP contribution is -2.40. The third kappa shape index (κ3) is 2.70. The fourth-order valence-electron chi connectivity index (χ4n) is 2.06. The molecule has 2 nitrogen and oxygen atoms in total. The lowest BCUT2D eigenvalue weighted by atomic mass is 9.74. The van der Waals surface area contributed by atoms with E-state index in [-0.39, 0.29) is 0 Å². The average Bonchev–Trinajstić information content (AvgIpc) is 2.18. The summed E-state index contributed by atoms with van der Waals surface area (Å²) in [5.74, 6) is -0.402. The van der Waals surface area contributed by atoms with E-state index < -0.39 is 11.5 Å². The number of aliphatic hydroxyl groups is 1. The maximum absolute atomic E-state index is 10.5. The molecule has 15 heavy (non-hydrogen) atoms. The molecule has 2 atom stereocenters. The van der Waals surface area contributed by atoms with E-state index in [2.05, 4.69) is 28.6 Å². The normalized spacial score (nSPS) is 27.7. The molecule has 3 heteroatoms. The minimum absolute atomic E-state index is 0.402. The van der Waals surface area contributed by atoms with Crippen LogP contribution >= 0.6 is 15.9 Å². The molecule has 0 aliphatic heterocycles. The van der Waals surface area contributed by atoms with Crippen molar-refractivity contribution in [3.8, 4) is 6.07 Å². The van der Waals surface area contributed by atoms with Crippen molar-refractivity contribution in [3.63, 3.8) is 0 Å². The maximum atomic E-state index is 10.5. The van der Waals surface area contributed by atoms with Gasteiger partial charge in [0.2, 0.25) is 0 Å². The Labute approximate surface area is 99.4 Å². The predicted octanol–water partition coefficient (Wildman–Crippen LogP) is 3.29. The Morgan fingerprint density at radius 1 is 1.87 bits per heavy atom. The molecule has 0 saturated heterocycles. The molecule has 1 aliphatic rings. The minimum Gasteiger partial charge on any atom is -0.384 e. The van der Waals surface area contributed by atoms with Gasteiger partial charge in [-0.25, -0.2) is 0 Å². The zero-order valence-corrected chi connectivity index (χ0v) is 10.5. The summed E-state index contributed by atoms with van der Waals surface area (Å²) in [6, 6.07) is 2.19. The van der Waals surface area contributed by atoms with E-state index >= 15 is 0 Å². The fraction of sp³-hybridized carbons (Fsp3) is 0.583. The Kier molecular flexibility index (Phi) is 4.12. The number of nitriles is 1. The molecule has 0 radical (unpaired) electrons. The third-order valence-corrected chi connectivity index (χ3v) is 3.38. The summed E-state index contributed by atoms with van der Waals surface area (Å²) >= 11 is 3.25. The highest BCUT2D eigenvalue weighted by Crippen LogP contribution is 2.38. The van der Waals surface area contributed by atoms with E-state index in [1.54, 1.807) is 0 Å². The summed E-state index contributed by atoms with van der Waals surface area (Å²) in [7, 11) is 0. The highest BCUT2D eigenvalue weighted by Gasteiger charge is 2.39. The summed E-state index contributed by atoms with van der Waals surface area (Å²) < 4.78 is 0.765. The van der Waals surface area contributed by atoms with Gasteiger partial charge in [-0.05, 0) is 42.7 Å². The first-order valence-electron chi connectivity index (χ1n) is 5.13. The van der Waals surface area contributed by atoms with Crippen molar-refractivity contribution in [2.24, 2.45) is 5.92 Å². The molecule has 1 N–H and O–H groups in total. The molecule has 0 spiro atoms. The molecule has 1 rings (SSSR count). The van der Waals surface area contributed by atoms with Crippen LogP contribution in [0.1, 0.15) is 32.6 Å². The monoisotopic (exact) mass is 269 g/mol. The second kappa shape index (κ2) is 4.96. The van der Waals surface area contributed by atoms with E-state index in [4.69, 9.17) is 5.26 Å². The standard InChI is InChI=1S/C12H16BrNO/c1-9-5-3-4-6-12(9,15)11(8-14)7-10(2)13/h5,11,15H,2-4,6-7H2,1H3. The molecule has 0 fully saturated rings. The van der Waals surface area contributed by atoms with Crippen LogP contribution in [0, 0.1) is 17.2 Å². The van der Waals surface area contributed by atoms with Gasteiger partial charge in [-0.15, -0.1) is 0 Å². The van der Waals surface area contributed by atoms with Gasteiger partial charge in [-0.3, -0.25) is 0 Å². The van der Waals surface area contributed by atoms with Gasteiger partial charge < -0.3 is 5.11 Å². The van der Waals surface area contributed by atoms with Crippen molar-refractivity contribution in [2.75, 3.05) is 0 Å². The van der Waals surface area contributed by atoms with Crippen LogP contribution in [0.5, 0.6) is 0 Å². The van der Waals surface area contributed by atoms with Crippen molar-refractivity contribution in [3.05, 3.63) is 22.7 Å². The van der Waals surface area contributed by atoms with Crippen LogP contribution in [0.3, 0.4) is 0 Å². The smallest absolute Gasteiger partial charge is 0.101 e. The van der Waals surface area contributed by atoms with Crippen molar-refractivity contribution >= 4 is 15.9 Å².